The van der Waals surface area contributed by atoms with Gasteiger partial charge in [-0.15, -0.1) is 0 Å². The first-order valence-corrected chi connectivity index (χ1v) is 9.45. The highest BCUT2D eigenvalue weighted by Gasteiger charge is 2.41. The van der Waals surface area contributed by atoms with Gasteiger partial charge >= 0.3 is 5.97 Å². The fourth-order valence-corrected chi connectivity index (χ4v) is 5.03. The lowest BCUT2D eigenvalue weighted by molar-refractivity contribution is -0.132. The van der Waals surface area contributed by atoms with E-state index in [1.807, 2.05) is 6.92 Å². The quantitative estimate of drug-likeness (QED) is 0.426. The maximum absolute atomic E-state index is 11.7. The van der Waals surface area contributed by atoms with Crippen molar-refractivity contribution in [3.8, 4) is 11.5 Å². The molecule has 3 nitrogen and oxygen atoms in total. The molecule has 1 aromatic carbocycles. The van der Waals surface area contributed by atoms with Gasteiger partial charge in [0.25, 0.3) is 0 Å². The molecule has 0 aliphatic heterocycles. The second-order valence-electron chi connectivity index (χ2n) is 8.29. The zero-order valence-corrected chi connectivity index (χ0v) is 16.3. The van der Waals surface area contributed by atoms with Crippen molar-refractivity contribution in [2.75, 3.05) is 0 Å². The number of carbonyl (C=O) groups is 1. The summed E-state index contributed by atoms with van der Waals surface area (Å²) in [6.07, 6.45) is 5.70. The van der Waals surface area contributed by atoms with Crippen LogP contribution in [-0.4, -0.2) is 11.1 Å². The van der Waals surface area contributed by atoms with Gasteiger partial charge in [0.05, 0.1) is 0 Å². The minimum Gasteiger partial charge on any atom is -0.504 e. The fraction of sp³-hybridized carbons (Fsp3) is 0.591. The molecule has 0 saturated heterocycles. The zero-order chi connectivity index (χ0) is 18.5. The Balaban J connectivity index is 2.34. The van der Waals surface area contributed by atoms with E-state index in [-0.39, 0.29) is 11.7 Å². The summed E-state index contributed by atoms with van der Waals surface area (Å²) in [6.45, 7) is 12.2. The second kappa shape index (κ2) is 6.51. The lowest BCUT2D eigenvalue weighted by Gasteiger charge is -2.43. The number of aromatic hydroxyl groups is 1. The first-order valence-electron chi connectivity index (χ1n) is 9.45. The molecule has 0 amide bonds. The van der Waals surface area contributed by atoms with Crippen molar-refractivity contribution in [2.24, 2.45) is 5.92 Å². The van der Waals surface area contributed by atoms with Crippen molar-refractivity contribution < 1.29 is 14.6 Å². The predicted molar refractivity (Wildman–Crippen MR) is 100 cm³/mol. The second-order valence-corrected chi connectivity index (χ2v) is 8.29. The smallest absolute Gasteiger partial charge is 0.308 e. The van der Waals surface area contributed by atoms with E-state index in [1.54, 1.807) is 0 Å². The average Bonchev–Trinajstić information content (AvgIpc) is 2.50. The first-order chi connectivity index (χ1) is 11.7. The molecule has 0 saturated carbocycles. The molecule has 4 atom stereocenters. The molecule has 0 heterocycles. The van der Waals surface area contributed by atoms with Crippen molar-refractivity contribution >= 4 is 5.97 Å². The monoisotopic (exact) mass is 342 g/mol. The summed E-state index contributed by atoms with van der Waals surface area (Å²) < 4.78 is 5.51. The number of rotatable bonds is 2. The van der Waals surface area contributed by atoms with Crippen LogP contribution in [0.15, 0.2) is 11.6 Å². The molecule has 0 spiro atoms. The number of hydrogen-bond acceptors (Lipinski definition) is 3. The maximum atomic E-state index is 11.7. The predicted octanol–water partition coefficient (Wildman–Crippen LogP) is 5.70. The molecule has 0 radical (unpaired) electrons. The molecule has 136 valence electrons. The van der Waals surface area contributed by atoms with Gasteiger partial charge in [0.1, 0.15) is 0 Å². The van der Waals surface area contributed by atoms with Gasteiger partial charge in [0.2, 0.25) is 0 Å². The van der Waals surface area contributed by atoms with Crippen LogP contribution in [0.4, 0.5) is 0 Å². The summed E-state index contributed by atoms with van der Waals surface area (Å²) in [5.41, 5.74) is 5.88. The maximum Gasteiger partial charge on any atom is 0.308 e. The van der Waals surface area contributed by atoms with Crippen LogP contribution in [-0.2, 0) is 4.79 Å². The highest BCUT2D eigenvalue weighted by molar-refractivity contribution is 5.74. The Morgan fingerprint density at radius 3 is 2.40 bits per heavy atom. The van der Waals surface area contributed by atoms with E-state index >= 15 is 0 Å². The Morgan fingerprint density at radius 2 is 1.80 bits per heavy atom. The van der Waals surface area contributed by atoms with Gasteiger partial charge in [-0.2, -0.15) is 0 Å². The van der Waals surface area contributed by atoms with E-state index in [0.29, 0.717) is 29.4 Å². The minimum atomic E-state index is -0.370. The number of hydrogen-bond donors (Lipinski definition) is 1. The highest BCUT2D eigenvalue weighted by Crippen LogP contribution is 2.58. The number of esters is 1. The molecule has 2 aliphatic rings. The molecule has 1 aromatic rings. The van der Waals surface area contributed by atoms with E-state index < -0.39 is 0 Å². The van der Waals surface area contributed by atoms with Gasteiger partial charge in [0.15, 0.2) is 11.5 Å². The summed E-state index contributed by atoms with van der Waals surface area (Å²) in [4.78, 5) is 11.7. The third-order valence-electron chi connectivity index (χ3n) is 6.04. The lowest BCUT2D eigenvalue weighted by Crippen LogP contribution is -2.28. The summed E-state index contributed by atoms with van der Waals surface area (Å²) in [7, 11) is 0. The van der Waals surface area contributed by atoms with Gasteiger partial charge < -0.3 is 9.84 Å². The number of benzene rings is 1. The van der Waals surface area contributed by atoms with Crippen LogP contribution in [0.1, 0.15) is 93.9 Å². The van der Waals surface area contributed by atoms with Gasteiger partial charge in [-0.05, 0) is 74.5 Å². The Morgan fingerprint density at radius 1 is 1.12 bits per heavy atom. The topological polar surface area (TPSA) is 46.5 Å². The molecule has 0 bridgehead atoms. The van der Waals surface area contributed by atoms with Gasteiger partial charge in [-0.1, -0.05) is 25.5 Å². The third-order valence-corrected chi connectivity index (χ3v) is 6.04. The molecule has 2 aliphatic carbocycles. The van der Waals surface area contributed by atoms with Gasteiger partial charge in [-0.3, -0.25) is 4.79 Å². The lowest BCUT2D eigenvalue weighted by atomic mass is 9.62. The highest BCUT2D eigenvalue weighted by atomic mass is 16.5. The summed E-state index contributed by atoms with van der Waals surface area (Å²) in [5, 5.41) is 10.9. The van der Waals surface area contributed by atoms with E-state index in [4.69, 9.17) is 4.74 Å². The normalized spacial score (nSPS) is 27.4. The van der Waals surface area contributed by atoms with Crippen LogP contribution in [0, 0.1) is 12.8 Å². The molecule has 0 aromatic heterocycles. The Labute approximate surface area is 151 Å². The van der Waals surface area contributed by atoms with Crippen molar-refractivity contribution in [3.05, 3.63) is 33.9 Å². The van der Waals surface area contributed by atoms with E-state index in [2.05, 4.69) is 33.8 Å². The first kappa shape index (κ1) is 18.0. The van der Waals surface area contributed by atoms with Crippen molar-refractivity contribution in [1.29, 1.82) is 0 Å². The van der Waals surface area contributed by atoms with Crippen molar-refractivity contribution in [3.63, 3.8) is 0 Å². The van der Waals surface area contributed by atoms with E-state index in [0.717, 1.165) is 24.0 Å². The number of phenolic OH excluding ortho intramolecular Hbond substituents is 1. The average molecular weight is 342 g/mol. The van der Waals surface area contributed by atoms with Crippen molar-refractivity contribution in [2.45, 2.75) is 78.6 Å². The molecule has 3 rings (SSSR count). The van der Waals surface area contributed by atoms with Gasteiger partial charge in [-0.25, -0.2) is 0 Å². The number of ether oxygens (including phenoxy) is 1. The van der Waals surface area contributed by atoms with Crippen LogP contribution in [0.3, 0.4) is 0 Å². The molecular weight excluding hydrogens is 312 g/mol. The fourth-order valence-electron chi connectivity index (χ4n) is 5.03. The molecule has 25 heavy (non-hydrogen) atoms. The molecular formula is C22H30O3. The Kier molecular flexibility index (Phi) is 4.70. The third kappa shape index (κ3) is 2.98. The largest absolute Gasteiger partial charge is 0.504 e. The van der Waals surface area contributed by atoms with E-state index in [1.165, 1.54) is 30.0 Å². The van der Waals surface area contributed by atoms with Crippen LogP contribution < -0.4 is 4.74 Å². The molecule has 3 heteroatoms. The van der Waals surface area contributed by atoms with Crippen LogP contribution in [0.5, 0.6) is 11.5 Å². The summed E-state index contributed by atoms with van der Waals surface area (Å²) >= 11 is 0. The van der Waals surface area contributed by atoms with Crippen LogP contribution in [0.2, 0.25) is 0 Å². The molecule has 0 fully saturated rings. The Hall–Kier alpha value is -1.77. The summed E-state index contributed by atoms with van der Waals surface area (Å²) in [6, 6.07) is 0. The van der Waals surface area contributed by atoms with E-state index in [9.17, 15) is 9.90 Å². The standard InChI is InChI=1S/C22H30O3/c1-11(2)9-16-10-13(4)17-8-7-12(3)18-20(17)19(16)14(5)21(24)22(18)25-15(6)23/h9,12-13,16-17,24H,7-8,10H2,1-6H3/t12-,13-,16-,17+/m0/s1. The zero-order valence-electron chi connectivity index (χ0n) is 16.3. The van der Waals surface area contributed by atoms with Crippen LogP contribution >= 0.6 is 0 Å². The number of phenols is 1. The minimum absolute atomic E-state index is 0.151. The Bertz CT molecular complexity index is 740. The van der Waals surface area contributed by atoms with Gasteiger partial charge in [0, 0.05) is 18.4 Å². The molecule has 1 N–H and O–H groups in total. The number of allylic oxidation sites excluding steroid dienone is 2. The van der Waals surface area contributed by atoms with Crippen LogP contribution in [0.25, 0.3) is 0 Å². The SMILES string of the molecule is CC(=O)Oc1c(O)c(C)c2c3c1[C@@H](C)CC[C@@H]3[C@@H](C)C[C@@H]2C=C(C)C. The summed E-state index contributed by atoms with van der Waals surface area (Å²) in [5.74, 6) is 1.90. The van der Waals surface area contributed by atoms with Crippen molar-refractivity contribution in [1.82, 2.24) is 0 Å². The number of carbonyl (C=O) groups excluding carboxylic acids is 1. The molecule has 0 unspecified atom stereocenters.